The average molecular weight is 474 g/mol. The van der Waals surface area contributed by atoms with Crippen LogP contribution in [0.4, 0.5) is 0 Å². The van der Waals surface area contributed by atoms with Crippen LogP contribution in [-0.4, -0.2) is 69.9 Å². The molecule has 4 amide bonds. The van der Waals surface area contributed by atoms with Crippen molar-refractivity contribution < 1.29 is 39.0 Å². The maximum atomic E-state index is 12.9. The number of amides is 4. The van der Waals surface area contributed by atoms with Crippen LogP contribution in [0.15, 0.2) is 0 Å². The molecule has 0 saturated heterocycles. The number of carboxylic acid groups (broad SMARTS) is 2. The quantitative estimate of drug-likeness (QED) is 0.143. The van der Waals surface area contributed by atoms with Crippen LogP contribution < -0.4 is 27.4 Å². The standard InChI is InChI=1S/C20H35N5O8/c1-5-10(4)16(25-17(29)11(21)6-7-14(27)28)19(31)23-12(8-13(22)26)18(30)24-15(9(2)3)20(32)33/h9-12,15-16H,5-8,21H2,1-4H3,(H2,22,26)(H,23,31)(H,24,30)(H,25,29)(H,27,28)(H,32,33). The zero-order valence-corrected chi connectivity index (χ0v) is 19.3. The summed E-state index contributed by atoms with van der Waals surface area (Å²) in [6, 6.07) is -5.06. The first-order chi connectivity index (χ1) is 15.2. The second kappa shape index (κ2) is 14.0. The van der Waals surface area contributed by atoms with Crippen molar-refractivity contribution >= 4 is 35.6 Å². The van der Waals surface area contributed by atoms with Crippen molar-refractivity contribution in [3.05, 3.63) is 0 Å². The molecule has 0 aromatic rings. The molecule has 0 aliphatic carbocycles. The number of hydrogen-bond acceptors (Lipinski definition) is 7. The minimum absolute atomic E-state index is 0.144. The van der Waals surface area contributed by atoms with Gasteiger partial charge in [-0.3, -0.25) is 24.0 Å². The lowest BCUT2D eigenvalue weighted by atomic mass is 9.97. The summed E-state index contributed by atoms with van der Waals surface area (Å²) in [5, 5.41) is 25.1. The number of nitrogens with one attached hydrogen (secondary N) is 3. The van der Waals surface area contributed by atoms with Crippen molar-refractivity contribution in [2.45, 2.75) is 77.5 Å². The number of rotatable bonds is 15. The summed E-state index contributed by atoms with van der Waals surface area (Å²) < 4.78 is 0. The van der Waals surface area contributed by atoms with Crippen molar-refractivity contribution in [2.75, 3.05) is 0 Å². The maximum absolute atomic E-state index is 12.9. The second-order valence-electron chi connectivity index (χ2n) is 8.21. The van der Waals surface area contributed by atoms with Gasteiger partial charge in [0, 0.05) is 6.42 Å². The van der Waals surface area contributed by atoms with E-state index in [1.54, 1.807) is 27.7 Å². The molecule has 13 nitrogen and oxygen atoms in total. The van der Waals surface area contributed by atoms with Gasteiger partial charge < -0.3 is 37.6 Å². The Hall–Kier alpha value is -3.22. The molecular weight excluding hydrogens is 438 g/mol. The molecule has 0 aliphatic rings. The van der Waals surface area contributed by atoms with Crippen molar-refractivity contribution in [1.82, 2.24) is 16.0 Å². The molecular formula is C20H35N5O8. The third-order valence-corrected chi connectivity index (χ3v) is 5.07. The van der Waals surface area contributed by atoms with Crippen molar-refractivity contribution in [2.24, 2.45) is 23.3 Å². The van der Waals surface area contributed by atoms with Gasteiger partial charge in [0.15, 0.2) is 0 Å². The third kappa shape index (κ3) is 10.8. The molecule has 0 saturated carbocycles. The molecule has 0 heterocycles. The molecule has 0 aliphatic heterocycles. The van der Waals surface area contributed by atoms with Gasteiger partial charge >= 0.3 is 11.9 Å². The van der Waals surface area contributed by atoms with Crippen molar-refractivity contribution in [3.8, 4) is 0 Å². The van der Waals surface area contributed by atoms with Gasteiger partial charge in [0.1, 0.15) is 18.1 Å². The fourth-order valence-electron chi connectivity index (χ4n) is 2.81. The highest BCUT2D eigenvalue weighted by atomic mass is 16.4. The van der Waals surface area contributed by atoms with Gasteiger partial charge in [0.05, 0.1) is 12.5 Å². The van der Waals surface area contributed by atoms with Crippen LogP contribution in [0.2, 0.25) is 0 Å². The number of carbonyl (C=O) groups is 6. The number of aliphatic carboxylic acids is 2. The van der Waals surface area contributed by atoms with Crippen LogP contribution in [0.25, 0.3) is 0 Å². The van der Waals surface area contributed by atoms with E-state index in [4.69, 9.17) is 16.6 Å². The van der Waals surface area contributed by atoms with Gasteiger partial charge in [0.25, 0.3) is 0 Å². The van der Waals surface area contributed by atoms with E-state index in [2.05, 4.69) is 16.0 Å². The first-order valence-corrected chi connectivity index (χ1v) is 10.6. The van der Waals surface area contributed by atoms with Crippen LogP contribution in [0, 0.1) is 11.8 Å². The summed E-state index contributed by atoms with van der Waals surface area (Å²) in [4.78, 5) is 71.4. The summed E-state index contributed by atoms with van der Waals surface area (Å²) in [7, 11) is 0. The van der Waals surface area contributed by atoms with E-state index in [0.717, 1.165) is 0 Å². The van der Waals surface area contributed by atoms with Crippen LogP contribution >= 0.6 is 0 Å². The Morgan fingerprint density at radius 3 is 1.82 bits per heavy atom. The lowest BCUT2D eigenvalue weighted by molar-refractivity contribution is -0.144. The van der Waals surface area contributed by atoms with E-state index in [1.165, 1.54) is 0 Å². The predicted molar refractivity (Wildman–Crippen MR) is 116 cm³/mol. The first kappa shape index (κ1) is 29.8. The van der Waals surface area contributed by atoms with Crippen LogP contribution in [0.3, 0.4) is 0 Å². The zero-order chi connectivity index (χ0) is 25.9. The molecule has 188 valence electrons. The van der Waals surface area contributed by atoms with Crippen molar-refractivity contribution in [1.29, 1.82) is 0 Å². The monoisotopic (exact) mass is 473 g/mol. The molecule has 9 N–H and O–H groups in total. The molecule has 0 spiro atoms. The molecule has 0 aromatic carbocycles. The molecule has 0 fully saturated rings. The summed E-state index contributed by atoms with van der Waals surface area (Å²) in [6.07, 6.45) is -0.629. The number of carbonyl (C=O) groups excluding carboxylic acids is 4. The highest BCUT2D eigenvalue weighted by Gasteiger charge is 2.33. The Morgan fingerprint density at radius 1 is 0.848 bits per heavy atom. The van der Waals surface area contributed by atoms with E-state index < -0.39 is 78.0 Å². The van der Waals surface area contributed by atoms with Gasteiger partial charge in [-0.2, -0.15) is 0 Å². The van der Waals surface area contributed by atoms with Gasteiger partial charge in [-0.1, -0.05) is 34.1 Å². The Kier molecular flexibility index (Phi) is 12.7. The minimum atomic E-state index is -1.47. The van der Waals surface area contributed by atoms with E-state index in [9.17, 15) is 33.9 Å². The summed E-state index contributed by atoms with van der Waals surface area (Å²) >= 11 is 0. The van der Waals surface area contributed by atoms with Crippen LogP contribution in [0.5, 0.6) is 0 Å². The molecule has 13 heteroatoms. The molecule has 5 atom stereocenters. The summed E-state index contributed by atoms with van der Waals surface area (Å²) in [5.74, 6) is -6.70. The van der Waals surface area contributed by atoms with E-state index in [1.807, 2.05) is 0 Å². The Morgan fingerprint density at radius 2 is 1.39 bits per heavy atom. The van der Waals surface area contributed by atoms with E-state index in [0.29, 0.717) is 6.42 Å². The molecule has 0 radical (unpaired) electrons. The fraction of sp³-hybridized carbons (Fsp3) is 0.700. The number of hydrogen-bond donors (Lipinski definition) is 7. The first-order valence-electron chi connectivity index (χ1n) is 10.6. The Balaban J connectivity index is 5.54. The van der Waals surface area contributed by atoms with E-state index in [-0.39, 0.29) is 12.8 Å². The largest absolute Gasteiger partial charge is 0.481 e. The maximum Gasteiger partial charge on any atom is 0.326 e. The number of carboxylic acids is 2. The number of nitrogens with two attached hydrogens (primary N) is 2. The SMILES string of the molecule is CCC(C)C(NC(=O)C(N)CCC(=O)O)C(=O)NC(CC(N)=O)C(=O)NC(C(=O)O)C(C)C. The smallest absolute Gasteiger partial charge is 0.326 e. The predicted octanol–water partition coefficient (Wildman–Crippen LogP) is -1.70. The number of primary amides is 1. The molecule has 0 aromatic heterocycles. The lowest BCUT2D eigenvalue weighted by Gasteiger charge is -2.28. The highest BCUT2D eigenvalue weighted by molar-refractivity contribution is 5.96. The Bertz CT molecular complexity index is 742. The zero-order valence-electron chi connectivity index (χ0n) is 19.3. The lowest BCUT2D eigenvalue weighted by Crippen LogP contribution is -2.59. The van der Waals surface area contributed by atoms with Crippen LogP contribution in [-0.2, 0) is 28.8 Å². The molecule has 0 bridgehead atoms. The van der Waals surface area contributed by atoms with Gasteiger partial charge in [-0.05, 0) is 18.3 Å². The summed E-state index contributed by atoms with van der Waals surface area (Å²) in [6.45, 7) is 6.57. The van der Waals surface area contributed by atoms with Crippen LogP contribution in [0.1, 0.15) is 53.4 Å². The van der Waals surface area contributed by atoms with Gasteiger partial charge in [-0.25, -0.2) is 4.79 Å². The average Bonchev–Trinajstić information content (AvgIpc) is 2.71. The third-order valence-electron chi connectivity index (χ3n) is 5.07. The highest BCUT2D eigenvalue weighted by Crippen LogP contribution is 2.10. The molecule has 0 rings (SSSR count). The topological polar surface area (TPSA) is 231 Å². The van der Waals surface area contributed by atoms with Crippen molar-refractivity contribution in [3.63, 3.8) is 0 Å². The Labute approximate surface area is 192 Å². The molecule has 33 heavy (non-hydrogen) atoms. The second-order valence-corrected chi connectivity index (χ2v) is 8.21. The normalized spacial score (nSPS) is 15.5. The van der Waals surface area contributed by atoms with Gasteiger partial charge in [0.2, 0.25) is 23.6 Å². The van der Waals surface area contributed by atoms with E-state index >= 15 is 0 Å². The fourth-order valence-corrected chi connectivity index (χ4v) is 2.81. The van der Waals surface area contributed by atoms with Gasteiger partial charge in [-0.15, -0.1) is 0 Å². The summed E-state index contributed by atoms with van der Waals surface area (Å²) in [5.41, 5.74) is 10.9. The molecule has 5 unspecified atom stereocenters. The minimum Gasteiger partial charge on any atom is -0.481 e.